The zero-order chi connectivity index (χ0) is 7.68. The predicted molar refractivity (Wildman–Crippen MR) is 43.1 cm³/mol. The minimum absolute atomic E-state index is 0.496. The van der Waals surface area contributed by atoms with E-state index in [1.165, 1.54) is 0 Å². The SMILES string of the molecule is Nc1nnc2cccccc1-2. The van der Waals surface area contributed by atoms with E-state index in [1.807, 2.05) is 30.3 Å². The molecule has 0 spiro atoms. The largest absolute Gasteiger partial charge is 0.382 e. The van der Waals surface area contributed by atoms with Crippen LogP contribution in [-0.2, 0) is 0 Å². The Bertz CT molecular complexity index is 345. The van der Waals surface area contributed by atoms with Gasteiger partial charge >= 0.3 is 0 Å². The molecule has 0 saturated carbocycles. The number of rotatable bonds is 0. The molecule has 0 aromatic heterocycles. The van der Waals surface area contributed by atoms with Gasteiger partial charge in [-0.1, -0.05) is 18.2 Å². The third-order valence-corrected chi connectivity index (χ3v) is 1.56. The van der Waals surface area contributed by atoms with Crippen LogP contribution in [0.25, 0.3) is 11.3 Å². The van der Waals surface area contributed by atoms with Crippen molar-refractivity contribution in [1.29, 1.82) is 0 Å². The summed E-state index contributed by atoms with van der Waals surface area (Å²) >= 11 is 0. The molecule has 0 bridgehead atoms. The number of nitrogens with zero attached hydrogens (tertiary/aromatic N) is 2. The van der Waals surface area contributed by atoms with Gasteiger partial charge in [-0.3, -0.25) is 0 Å². The summed E-state index contributed by atoms with van der Waals surface area (Å²) in [6, 6.07) is 9.56. The molecule has 3 nitrogen and oxygen atoms in total. The topological polar surface area (TPSA) is 51.8 Å². The van der Waals surface area contributed by atoms with Crippen molar-refractivity contribution in [2.45, 2.75) is 0 Å². The van der Waals surface area contributed by atoms with Crippen LogP contribution in [0.3, 0.4) is 0 Å². The summed E-state index contributed by atoms with van der Waals surface area (Å²) in [5.74, 6) is 0.496. The van der Waals surface area contributed by atoms with Gasteiger partial charge in [0.05, 0.1) is 5.69 Å². The van der Waals surface area contributed by atoms with E-state index < -0.39 is 0 Å². The first-order valence-corrected chi connectivity index (χ1v) is 3.35. The number of hydrogen-bond acceptors (Lipinski definition) is 3. The molecular formula is C8H7N3. The zero-order valence-corrected chi connectivity index (χ0v) is 5.86. The van der Waals surface area contributed by atoms with Crippen LogP contribution in [-0.4, -0.2) is 10.2 Å². The second-order valence-corrected chi connectivity index (χ2v) is 2.29. The number of nitrogen functional groups attached to an aromatic ring is 1. The highest BCUT2D eigenvalue weighted by molar-refractivity contribution is 5.71. The van der Waals surface area contributed by atoms with Crippen LogP contribution in [0, 0.1) is 0 Å². The summed E-state index contributed by atoms with van der Waals surface area (Å²) in [7, 11) is 0. The lowest BCUT2D eigenvalue weighted by atomic mass is 10.2. The summed E-state index contributed by atoms with van der Waals surface area (Å²) in [6.07, 6.45) is 0. The van der Waals surface area contributed by atoms with E-state index in [9.17, 15) is 0 Å². The number of fused-ring (bicyclic) bond motifs is 1. The summed E-state index contributed by atoms with van der Waals surface area (Å²) in [6.45, 7) is 0. The molecule has 2 rings (SSSR count). The molecule has 0 fully saturated rings. The fraction of sp³-hybridized carbons (Fsp3) is 0. The zero-order valence-electron chi connectivity index (χ0n) is 5.86. The summed E-state index contributed by atoms with van der Waals surface area (Å²) in [5, 5.41) is 7.63. The van der Waals surface area contributed by atoms with Gasteiger partial charge in [-0.15, -0.1) is 10.2 Å². The molecule has 3 heteroatoms. The van der Waals surface area contributed by atoms with Gasteiger partial charge in [0.2, 0.25) is 0 Å². The normalized spacial score (nSPS) is 10.2. The van der Waals surface area contributed by atoms with E-state index >= 15 is 0 Å². The van der Waals surface area contributed by atoms with Crippen molar-refractivity contribution in [1.82, 2.24) is 10.2 Å². The molecule has 1 aliphatic heterocycles. The highest BCUT2D eigenvalue weighted by atomic mass is 15.2. The Hall–Kier alpha value is -1.64. The van der Waals surface area contributed by atoms with Crippen LogP contribution in [0.1, 0.15) is 0 Å². The summed E-state index contributed by atoms with van der Waals surface area (Å²) in [5.41, 5.74) is 7.31. The Kier molecular flexibility index (Phi) is 1.22. The lowest BCUT2D eigenvalue weighted by Gasteiger charge is -1.86. The van der Waals surface area contributed by atoms with E-state index in [4.69, 9.17) is 5.73 Å². The average molecular weight is 145 g/mol. The number of nitrogens with two attached hydrogens (primary N) is 1. The predicted octanol–water partition coefficient (Wildman–Crippen LogP) is 1.16. The van der Waals surface area contributed by atoms with Gasteiger partial charge in [0.15, 0.2) is 5.82 Å². The maximum Gasteiger partial charge on any atom is 0.155 e. The molecule has 0 aromatic rings. The van der Waals surface area contributed by atoms with Crippen molar-refractivity contribution >= 4 is 5.82 Å². The van der Waals surface area contributed by atoms with Gasteiger partial charge < -0.3 is 5.73 Å². The third kappa shape index (κ3) is 0.902. The van der Waals surface area contributed by atoms with Crippen LogP contribution in [0.5, 0.6) is 0 Å². The van der Waals surface area contributed by atoms with E-state index in [1.54, 1.807) is 0 Å². The second-order valence-electron chi connectivity index (χ2n) is 2.29. The van der Waals surface area contributed by atoms with Crippen molar-refractivity contribution in [3.05, 3.63) is 30.3 Å². The standard InChI is InChI=1S/C8H7N3/c9-8-6-4-2-1-3-5-7(6)10-11-8/h1-5H,(H2,9,11). The minimum Gasteiger partial charge on any atom is -0.382 e. The molecule has 1 heterocycles. The Balaban J connectivity index is 2.75. The van der Waals surface area contributed by atoms with Gasteiger partial charge in [-0.05, 0) is 12.1 Å². The summed E-state index contributed by atoms with van der Waals surface area (Å²) < 4.78 is 0. The van der Waals surface area contributed by atoms with Crippen LogP contribution < -0.4 is 5.73 Å². The molecule has 0 atom stereocenters. The number of hydrogen-bond donors (Lipinski definition) is 1. The first-order chi connectivity index (χ1) is 5.38. The number of aromatic nitrogens is 2. The first kappa shape index (κ1) is 6.09. The first-order valence-electron chi connectivity index (χ1n) is 3.35. The monoisotopic (exact) mass is 145 g/mol. The van der Waals surface area contributed by atoms with Gasteiger partial charge in [0.25, 0.3) is 0 Å². The van der Waals surface area contributed by atoms with Crippen molar-refractivity contribution in [3.63, 3.8) is 0 Å². The van der Waals surface area contributed by atoms with Gasteiger partial charge in [0.1, 0.15) is 0 Å². The fourth-order valence-electron chi connectivity index (χ4n) is 1.00. The molecule has 0 unspecified atom stereocenters. The molecule has 0 amide bonds. The highest BCUT2D eigenvalue weighted by Crippen LogP contribution is 2.22. The van der Waals surface area contributed by atoms with Crippen LogP contribution in [0.15, 0.2) is 30.3 Å². The highest BCUT2D eigenvalue weighted by Gasteiger charge is 2.06. The molecule has 0 saturated heterocycles. The molecule has 0 aromatic carbocycles. The number of anilines is 1. The third-order valence-electron chi connectivity index (χ3n) is 1.56. The van der Waals surface area contributed by atoms with E-state index in [-0.39, 0.29) is 0 Å². The van der Waals surface area contributed by atoms with Crippen molar-refractivity contribution in [2.24, 2.45) is 0 Å². The quantitative estimate of drug-likeness (QED) is 0.605. The fourth-order valence-corrected chi connectivity index (χ4v) is 1.00. The lowest BCUT2D eigenvalue weighted by molar-refractivity contribution is 1.11. The molecule has 54 valence electrons. The second kappa shape index (κ2) is 2.20. The molecule has 2 N–H and O–H groups in total. The van der Waals surface area contributed by atoms with Crippen LogP contribution >= 0.6 is 0 Å². The molecule has 0 radical (unpaired) electrons. The van der Waals surface area contributed by atoms with Crippen LogP contribution in [0.4, 0.5) is 5.82 Å². The Morgan fingerprint density at radius 3 is 2.73 bits per heavy atom. The maximum absolute atomic E-state index is 5.56. The summed E-state index contributed by atoms with van der Waals surface area (Å²) in [4.78, 5) is 0. The Labute approximate surface area is 64.2 Å². The van der Waals surface area contributed by atoms with Gasteiger partial charge in [-0.25, -0.2) is 0 Å². The Morgan fingerprint density at radius 2 is 1.82 bits per heavy atom. The lowest BCUT2D eigenvalue weighted by Crippen LogP contribution is -1.83. The minimum atomic E-state index is 0.496. The van der Waals surface area contributed by atoms with E-state index in [2.05, 4.69) is 10.2 Å². The van der Waals surface area contributed by atoms with E-state index in [0.29, 0.717) is 5.82 Å². The van der Waals surface area contributed by atoms with Crippen molar-refractivity contribution < 1.29 is 0 Å². The Morgan fingerprint density at radius 1 is 1.00 bits per heavy atom. The van der Waals surface area contributed by atoms with Gasteiger partial charge in [0, 0.05) is 5.56 Å². The van der Waals surface area contributed by atoms with E-state index in [0.717, 1.165) is 11.3 Å². The van der Waals surface area contributed by atoms with Gasteiger partial charge in [-0.2, -0.15) is 0 Å². The molecule has 2 aliphatic rings. The average Bonchev–Trinajstić information content (AvgIpc) is 2.25. The maximum atomic E-state index is 5.56. The molecular weight excluding hydrogens is 138 g/mol. The van der Waals surface area contributed by atoms with Crippen molar-refractivity contribution in [2.75, 3.05) is 5.73 Å². The molecule has 1 aliphatic carbocycles. The smallest absolute Gasteiger partial charge is 0.155 e. The molecule has 11 heavy (non-hydrogen) atoms. The van der Waals surface area contributed by atoms with Crippen molar-refractivity contribution in [3.8, 4) is 11.3 Å². The van der Waals surface area contributed by atoms with Crippen LogP contribution in [0.2, 0.25) is 0 Å².